The first kappa shape index (κ1) is 20.9. The van der Waals surface area contributed by atoms with Crippen LogP contribution >= 0.6 is 0 Å². The van der Waals surface area contributed by atoms with Gasteiger partial charge in [0.1, 0.15) is 30.9 Å². The Morgan fingerprint density at radius 3 is 1.67 bits per heavy atom. The molecule has 18 heavy (non-hydrogen) atoms. The Balaban J connectivity index is 0. The van der Waals surface area contributed by atoms with E-state index in [9.17, 15) is 25.9 Å². The maximum absolute atomic E-state index is 10.6. The summed E-state index contributed by atoms with van der Waals surface area (Å²) in [6.45, 7) is 0. The Morgan fingerprint density at radius 2 is 1.33 bits per heavy atom. The van der Waals surface area contributed by atoms with Gasteiger partial charge >= 0.3 is 59.1 Å². The van der Waals surface area contributed by atoms with Gasteiger partial charge in [0.25, 0.3) is 0 Å². The molecule has 0 aliphatic rings. The molecule has 1 aromatic carbocycles. The summed E-state index contributed by atoms with van der Waals surface area (Å²) in [4.78, 5) is -2.83. The van der Waals surface area contributed by atoms with Crippen LogP contribution in [0.4, 0.5) is 0 Å². The van der Waals surface area contributed by atoms with E-state index in [-0.39, 0.29) is 59.1 Å². The van der Waals surface area contributed by atoms with Gasteiger partial charge < -0.3 is 19.3 Å². The molecular weight excluding hydrogens is 310 g/mol. The molecule has 1 rings (SSSR count). The average Bonchev–Trinajstić information content (AvgIpc) is 1.97. The summed E-state index contributed by atoms with van der Waals surface area (Å²) < 4.78 is 63.4. The molecule has 0 spiro atoms. The molecule has 12 heteroatoms. The molecular formula is C6H4Na2O8S2. The van der Waals surface area contributed by atoms with E-state index in [1.807, 2.05) is 0 Å². The van der Waals surface area contributed by atoms with Crippen LogP contribution in [0.1, 0.15) is 0 Å². The van der Waals surface area contributed by atoms with Crippen LogP contribution in [0.3, 0.4) is 0 Å². The molecule has 90 valence electrons. The van der Waals surface area contributed by atoms with Crippen LogP contribution < -0.4 is 59.1 Å². The quantitative estimate of drug-likeness (QED) is 0.403. The monoisotopic (exact) mass is 314 g/mol. The first-order valence-electron chi connectivity index (χ1n) is 3.52. The number of aromatic hydroxyl groups is 2. The van der Waals surface area contributed by atoms with E-state index in [0.717, 1.165) is 0 Å². The third-order valence-corrected chi connectivity index (χ3v) is 3.36. The van der Waals surface area contributed by atoms with Crippen LogP contribution in [0, 0.1) is 0 Å². The number of phenolic OH excluding ortho intramolecular Hbond substituents is 2. The molecule has 0 bridgehead atoms. The van der Waals surface area contributed by atoms with Gasteiger partial charge in [0.2, 0.25) is 0 Å². The maximum Gasteiger partial charge on any atom is 1.00 e. The predicted molar refractivity (Wildman–Crippen MR) is 45.7 cm³/mol. The van der Waals surface area contributed by atoms with Gasteiger partial charge in [-0.25, -0.2) is 16.8 Å². The maximum atomic E-state index is 10.6. The van der Waals surface area contributed by atoms with E-state index in [2.05, 4.69) is 0 Å². The molecule has 0 fully saturated rings. The Kier molecular flexibility index (Phi) is 8.01. The molecule has 0 aliphatic carbocycles. The Hall–Kier alpha value is 0.640. The zero-order valence-corrected chi connectivity index (χ0v) is 14.9. The molecule has 0 heterocycles. The van der Waals surface area contributed by atoms with Gasteiger partial charge in [0.05, 0.1) is 4.90 Å². The van der Waals surface area contributed by atoms with Crippen molar-refractivity contribution in [1.29, 1.82) is 0 Å². The van der Waals surface area contributed by atoms with Crippen molar-refractivity contribution in [2.45, 2.75) is 9.79 Å². The standard InChI is InChI=1S/C6H6O8S2.2Na/c7-3-1-2-4(15(9,10)11)5(8)6(3)16(12,13)14;;/h1-2,7-8H,(H,9,10,11)(H,12,13,14);;/q;2*+1/p-2. The summed E-state index contributed by atoms with van der Waals surface area (Å²) >= 11 is 0. The van der Waals surface area contributed by atoms with Gasteiger partial charge in [-0.3, -0.25) is 0 Å². The largest absolute Gasteiger partial charge is 1.00 e. The van der Waals surface area contributed by atoms with Crippen molar-refractivity contribution in [2.24, 2.45) is 0 Å². The fourth-order valence-corrected chi connectivity index (χ4v) is 2.30. The van der Waals surface area contributed by atoms with Gasteiger partial charge in [-0.05, 0) is 12.1 Å². The second kappa shape index (κ2) is 6.88. The number of phenols is 2. The first-order valence-corrected chi connectivity index (χ1v) is 6.33. The average molecular weight is 314 g/mol. The minimum atomic E-state index is -5.30. The fourth-order valence-electron chi connectivity index (χ4n) is 0.991. The van der Waals surface area contributed by atoms with Gasteiger partial charge in [0.15, 0.2) is 5.75 Å². The summed E-state index contributed by atoms with van der Waals surface area (Å²) in [6.07, 6.45) is 0. The number of rotatable bonds is 2. The van der Waals surface area contributed by atoms with E-state index in [4.69, 9.17) is 10.2 Å². The molecule has 2 N–H and O–H groups in total. The van der Waals surface area contributed by atoms with E-state index in [0.29, 0.717) is 12.1 Å². The smallest absolute Gasteiger partial charge is 0.744 e. The predicted octanol–water partition coefficient (Wildman–Crippen LogP) is -7.09. The molecule has 0 atom stereocenters. The molecule has 0 aliphatic heterocycles. The van der Waals surface area contributed by atoms with Gasteiger partial charge in [-0.1, -0.05) is 0 Å². The molecule has 0 unspecified atom stereocenters. The van der Waals surface area contributed by atoms with Crippen LogP contribution in [0.2, 0.25) is 0 Å². The first-order chi connectivity index (χ1) is 7.05. The summed E-state index contributed by atoms with van der Waals surface area (Å²) in [5.41, 5.74) is 0. The van der Waals surface area contributed by atoms with Crippen LogP contribution in [0.25, 0.3) is 0 Å². The molecule has 8 nitrogen and oxygen atoms in total. The van der Waals surface area contributed by atoms with Gasteiger partial charge in [-0.2, -0.15) is 0 Å². The van der Waals surface area contributed by atoms with E-state index in [1.54, 1.807) is 0 Å². The second-order valence-corrected chi connectivity index (χ2v) is 5.33. The van der Waals surface area contributed by atoms with Crippen molar-refractivity contribution in [1.82, 2.24) is 0 Å². The van der Waals surface area contributed by atoms with Crippen molar-refractivity contribution >= 4 is 20.2 Å². The van der Waals surface area contributed by atoms with E-state index < -0.39 is 41.5 Å². The molecule has 0 radical (unpaired) electrons. The molecule has 1 aromatic rings. The van der Waals surface area contributed by atoms with Gasteiger partial charge in [-0.15, -0.1) is 0 Å². The molecule has 0 saturated carbocycles. The van der Waals surface area contributed by atoms with Crippen LogP contribution in [-0.2, 0) is 20.2 Å². The Morgan fingerprint density at radius 1 is 0.889 bits per heavy atom. The van der Waals surface area contributed by atoms with Crippen molar-refractivity contribution < 1.29 is 95.3 Å². The van der Waals surface area contributed by atoms with Crippen molar-refractivity contribution in [2.75, 3.05) is 0 Å². The normalized spacial score (nSPS) is 11.2. The Labute approximate surface area is 147 Å². The number of benzene rings is 1. The minimum Gasteiger partial charge on any atom is -0.744 e. The summed E-state index contributed by atoms with van der Waals surface area (Å²) in [5, 5.41) is 18.1. The van der Waals surface area contributed by atoms with Crippen LogP contribution in [-0.4, -0.2) is 36.2 Å². The molecule has 0 aromatic heterocycles. The van der Waals surface area contributed by atoms with Gasteiger partial charge in [0, 0.05) is 0 Å². The third-order valence-electron chi connectivity index (χ3n) is 1.59. The fraction of sp³-hybridized carbons (Fsp3) is 0. The third kappa shape index (κ3) is 4.63. The SMILES string of the molecule is O=S(=O)([O-])c1ccc(O)c(S(=O)(=O)[O-])c1O.[Na+].[Na+]. The minimum absolute atomic E-state index is 0. The summed E-state index contributed by atoms with van der Waals surface area (Å²) in [7, 11) is -10.4. The number of hydrogen-bond acceptors (Lipinski definition) is 8. The zero-order valence-electron chi connectivity index (χ0n) is 9.32. The Bertz CT molecular complexity index is 636. The van der Waals surface area contributed by atoms with Crippen molar-refractivity contribution in [3.05, 3.63) is 12.1 Å². The molecule has 0 saturated heterocycles. The summed E-state index contributed by atoms with van der Waals surface area (Å²) in [5.74, 6) is -2.72. The van der Waals surface area contributed by atoms with Crippen LogP contribution in [0.5, 0.6) is 11.5 Å². The van der Waals surface area contributed by atoms with E-state index >= 15 is 0 Å². The van der Waals surface area contributed by atoms with E-state index in [1.165, 1.54) is 0 Å². The topological polar surface area (TPSA) is 155 Å². The molecule has 0 amide bonds. The summed E-state index contributed by atoms with van der Waals surface area (Å²) in [6, 6.07) is 0.997. The number of hydrogen-bond donors (Lipinski definition) is 2. The van der Waals surface area contributed by atoms with Crippen LogP contribution in [0.15, 0.2) is 21.9 Å². The van der Waals surface area contributed by atoms with Crippen molar-refractivity contribution in [3.63, 3.8) is 0 Å². The second-order valence-electron chi connectivity index (χ2n) is 2.67. The van der Waals surface area contributed by atoms with Crippen molar-refractivity contribution in [3.8, 4) is 11.5 Å². The zero-order chi connectivity index (χ0) is 12.7.